The SMILES string of the molecule is CC1=C(/C=C/C(C)=C/C=C2/CCC(C=O)=C2C)C(C)(C)CCC1.CC1=C(/C=C/C(C)=C\C2=CC(=C/C=O)/CC2)C(C)(C)CCC1.CC1=C(/C=C/C(C)=C\C=C2/CCC(C=O)=C2C)C(C)(C)CCC1. The van der Waals surface area contributed by atoms with Gasteiger partial charge in [0.1, 0.15) is 18.9 Å². The molecule has 6 aliphatic carbocycles. The van der Waals surface area contributed by atoms with Gasteiger partial charge in [-0.05, 0) is 235 Å². The van der Waals surface area contributed by atoms with Crippen molar-refractivity contribution in [2.24, 2.45) is 16.2 Å². The Balaban J connectivity index is 0.000000222. The zero-order valence-corrected chi connectivity index (χ0v) is 45.1. The number of rotatable bonds is 12. The molecule has 0 aromatic rings. The third kappa shape index (κ3) is 16.1. The smallest absolute Gasteiger partial charge is 0.146 e. The predicted molar refractivity (Wildman–Crippen MR) is 293 cm³/mol. The van der Waals surface area contributed by atoms with Gasteiger partial charge in [0.2, 0.25) is 0 Å². The van der Waals surface area contributed by atoms with Gasteiger partial charge in [-0.3, -0.25) is 14.4 Å². The summed E-state index contributed by atoms with van der Waals surface area (Å²) in [7, 11) is 0. The molecule has 0 fully saturated rings. The van der Waals surface area contributed by atoms with Crippen molar-refractivity contribution in [3.8, 4) is 0 Å². The summed E-state index contributed by atoms with van der Waals surface area (Å²) in [6.45, 7) is 31.5. The first kappa shape index (κ1) is 55.7. The predicted octanol–water partition coefficient (Wildman–Crippen LogP) is 18.4. The van der Waals surface area contributed by atoms with Gasteiger partial charge in [0, 0.05) is 0 Å². The standard InChI is InChI=1S/2C22H30O.C21H28O/c2*1-16(8-10-19-11-12-20(15-23)18(19)3)9-13-21-17(2)7-6-14-22(21,4)5;1-16(14-19-9-8-18(15-19)11-13-22)7-10-20-17(2)6-5-12-21(20,3)4/h2*8-10,13,15H,6-7,11-12,14H2,1-5H3;7,10-11,13-15H,5-6,8-9,12H2,1-4H3/b13-9+,16-8+,19-10-;13-9+,16-8-,19-10+;10-7+,16-14-,18-11+. The molecule has 0 unspecified atom stereocenters. The van der Waals surface area contributed by atoms with E-state index in [0.29, 0.717) is 16.2 Å². The Hall–Kier alpha value is -4.89. The number of carbonyl (C=O) groups is 3. The van der Waals surface area contributed by atoms with Gasteiger partial charge in [0.15, 0.2) is 0 Å². The summed E-state index contributed by atoms with van der Waals surface area (Å²) < 4.78 is 0. The first-order valence-electron chi connectivity index (χ1n) is 25.9. The van der Waals surface area contributed by atoms with Gasteiger partial charge in [0.05, 0.1) is 0 Å². The number of hydrogen-bond acceptors (Lipinski definition) is 3. The molecule has 68 heavy (non-hydrogen) atoms. The molecule has 0 heterocycles. The summed E-state index contributed by atoms with van der Waals surface area (Å²) >= 11 is 0. The minimum absolute atomic E-state index is 0.293. The van der Waals surface area contributed by atoms with E-state index in [1.807, 2.05) is 0 Å². The molecule has 0 aromatic heterocycles. The average molecular weight is 917 g/mol. The minimum Gasteiger partial charge on any atom is -0.299 e. The van der Waals surface area contributed by atoms with Crippen LogP contribution in [0.2, 0.25) is 0 Å². The van der Waals surface area contributed by atoms with E-state index in [1.165, 1.54) is 136 Å². The van der Waals surface area contributed by atoms with E-state index in [2.05, 4.69) is 170 Å². The van der Waals surface area contributed by atoms with Crippen molar-refractivity contribution in [1.29, 1.82) is 0 Å². The fourth-order valence-electron chi connectivity index (χ4n) is 11.0. The molecular formula is C65H88O3. The van der Waals surface area contributed by atoms with Crippen molar-refractivity contribution in [2.45, 2.75) is 193 Å². The van der Waals surface area contributed by atoms with Crippen molar-refractivity contribution in [3.05, 3.63) is 174 Å². The molecule has 0 amide bonds. The molecule has 366 valence electrons. The second-order valence-corrected chi connectivity index (χ2v) is 22.5. The number of aldehydes is 3. The maximum atomic E-state index is 11.0. The Morgan fingerprint density at radius 1 is 0.471 bits per heavy atom. The molecule has 6 aliphatic rings. The lowest BCUT2D eigenvalue weighted by atomic mass is 9.72. The molecule has 0 aliphatic heterocycles. The number of hydrogen-bond donors (Lipinski definition) is 0. The summed E-state index contributed by atoms with van der Waals surface area (Å²) in [5.74, 6) is 0. The fourth-order valence-corrected chi connectivity index (χ4v) is 11.0. The fraction of sp³-hybridized carbons (Fsp3) is 0.492. The van der Waals surface area contributed by atoms with E-state index in [-0.39, 0.29) is 0 Å². The largest absolute Gasteiger partial charge is 0.299 e. The number of carbonyl (C=O) groups excluding carboxylic acids is 3. The molecule has 0 radical (unpaired) electrons. The highest BCUT2D eigenvalue weighted by molar-refractivity contribution is 5.78. The van der Waals surface area contributed by atoms with E-state index >= 15 is 0 Å². The summed E-state index contributed by atoms with van der Waals surface area (Å²) in [5.41, 5.74) is 23.1. The highest BCUT2D eigenvalue weighted by Crippen LogP contribution is 2.43. The van der Waals surface area contributed by atoms with Crippen LogP contribution in [0.5, 0.6) is 0 Å². The highest BCUT2D eigenvalue weighted by Gasteiger charge is 2.28. The minimum atomic E-state index is 0.293. The van der Waals surface area contributed by atoms with Gasteiger partial charge < -0.3 is 0 Å². The Morgan fingerprint density at radius 3 is 1.19 bits per heavy atom. The molecule has 0 atom stereocenters. The van der Waals surface area contributed by atoms with Gasteiger partial charge in [0.25, 0.3) is 0 Å². The Morgan fingerprint density at radius 2 is 0.853 bits per heavy atom. The summed E-state index contributed by atoms with van der Waals surface area (Å²) in [5, 5.41) is 0. The van der Waals surface area contributed by atoms with Crippen LogP contribution >= 0.6 is 0 Å². The quantitative estimate of drug-likeness (QED) is 0.111. The van der Waals surface area contributed by atoms with E-state index in [9.17, 15) is 14.4 Å². The van der Waals surface area contributed by atoms with Crippen LogP contribution in [0.1, 0.15) is 193 Å². The lowest BCUT2D eigenvalue weighted by Crippen LogP contribution is -2.19. The van der Waals surface area contributed by atoms with Crippen LogP contribution < -0.4 is 0 Å². The molecule has 0 bridgehead atoms. The number of allylic oxidation sites excluding steroid dienone is 30. The first-order valence-corrected chi connectivity index (χ1v) is 25.9. The zero-order chi connectivity index (χ0) is 50.2. The zero-order valence-electron chi connectivity index (χ0n) is 45.1. The molecule has 6 rings (SSSR count). The second-order valence-electron chi connectivity index (χ2n) is 22.5. The topological polar surface area (TPSA) is 51.2 Å². The monoisotopic (exact) mass is 917 g/mol. The van der Waals surface area contributed by atoms with Gasteiger partial charge >= 0.3 is 0 Å². The normalized spacial score (nSPS) is 24.2. The second kappa shape index (κ2) is 25.6. The van der Waals surface area contributed by atoms with Crippen LogP contribution in [0.25, 0.3) is 0 Å². The molecule has 3 nitrogen and oxygen atoms in total. The molecular weight excluding hydrogens is 829 g/mol. The van der Waals surface area contributed by atoms with Crippen LogP contribution in [0.4, 0.5) is 0 Å². The van der Waals surface area contributed by atoms with Gasteiger partial charge in [-0.2, -0.15) is 0 Å². The van der Waals surface area contributed by atoms with Crippen molar-refractivity contribution in [1.82, 2.24) is 0 Å². The van der Waals surface area contributed by atoms with Crippen molar-refractivity contribution >= 4 is 18.9 Å². The third-order valence-electron chi connectivity index (χ3n) is 15.6. The molecule has 0 aromatic carbocycles. The van der Waals surface area contributed by atoms with Crippen LogP contribution in [-0.2, 0) is 14.4 Å². The van der Waals surface area contributed by atoms with Crippen molar-refractivity contribution < 1.29 is 14.4 Å². The molecule has 3 heteroatoms. The van der Waals surface area contributed by atoms with E-state index in [4.69, 9.17) is 0 Å². The molecule has 0 N–H and O–H groups in total. The van der Waals surface area contributed by atoms with E-state index in [1.54, 1.807) is 6.08 Å². The highest BCUT2D eigenvalue weighted by atomic mass is 16.1. The van der Waals surface area contributed by atoms with Crippen molar-refractivity contribution in [3.63, 3.8) is 0 Å². The van der Waals surface area contributed by atoms with Gasteiger partial charge in [-0.15, -0.1) is 0 Å². The van der Waals surface area contributed by atoms with Crippen LogP contribution in [-0.4, -0.2) is 18.9 Å². The van der Waals surface area contributed by atoms with Crippen molar-refractivity contribution in [2.75, 3.05) is 0 Å². The van der Waals surface area contributed by atoms with Crippen LogP contribution in [0.3, 0.4) is 0 Å². The Labute approximate surface area is 414 Å². The maximum Gasteiger partial charge on any atom is 0.146 e. The third-order valence-corrected chi connectivity index (χ3v) is 15.6. The Bertz CT molecular complexity index is 2280. The average Bonchev–Trinajstić information content (AvgIpc) is 3.98. The summed E-state index contributed by atoms with van der Waals surface area (Å²) in [4.78, 5) is 32.4. The van der Waals surface area contributed by atoms with Gasteiger partial charge in [-0.25, -0.2) is 0 Å². The van der Waals surface area contributed by atoms with Gasteiger partial charge in [-0.1, -0.05) is 148 Å². The maximum absolute atomic E-state index is 11.0. The first-order chi connectivity index (χ1) is 32.1. The summed E-state index contributed by atoms with van der Waals surface area (Å²) in [6, 6.07) is 0. The molecule has 0 saturated carbocycles. The molecule has 0 saturated heterocycles. The van der Waals surface area contributed by atoms with E-state index < -0.39 is 0 Å². The lowest BCUT2D eigenvalue weighted by molar-refractivity contribution is -0.105. The van der Waals surface area contributed by atoms with Crippen LogP contribution in [0, 0.1) is 16.2 Å². The summed E-state index contributed by atoms with van der Waals surface area (Å²) in [6.07, 6.45) is 48.5. The van der Waals surface area contributed by atoms with E-state index in [0.717, 1.165) is 74.1 Å². The Kier molecular flexibility index (Phi) is 21.0. The van der Waals surface area contributed by atoms with Crippen LogP contribution in [0.15, 0.2) is 174 Å². The lowest BCUT2D eigenvalue weighted by Gasteiger charge is -2.33. The molecule has 0 spiro atoms.